The van der Waals surface area contributed by atoms with E-state index >= 15 is 0 Å². The summed E-state index contributed by atoms with van der Waals surface area (Å²) in [5.41, 5.74) is 2.97. The van der Waals surface area contributed by atoms with Crippen LogP contribution in [-0.4, -0.2) is 75.3 Å². The Bertz CT molecular complexity index is 804. The van der Waals surface area contributed by atoms with Crippen molar-refractivity contribution in [3.8, 4) is 0 Å². The lowest BCUT2D eigenvalue weighted by Gasteiger charge is -2.34. The van der Waals surface area contributed by atoms with Crippen LogP contribution in [0.4, 0.5) is 0 Å². The Hall–Kier alpha value is -1.93. The average Bonchev–Trinajstić information content (AvgIpc) is 3.33. The Labute approximate surface area is 183 Å². The molecular formula is C23H33N5OS. The van der Waals surface area contributed by atoms with Gasteiger partial charge in [-0.25, -0.2) is 0 Å². The number of guanidine groups is 1. The molecule has 2 aliphatic rings. The minimum Gasteiger partial charge on any atom is -0.379 e. The molecule has 162 valence electrons. The van der Waals surface area contributed by atoms with Crippen LogP contribution in [0.2, 0.25) is 0 Å². The maximum atomic E-state index is 5.55. The van der Waals surface area contributed by atoms with Crippen molar-refractivity contribution in [1.29, 1.82) is 0 Å². The Balaban J connectivity index is 1.25. The maximum absolute atomic E-state index is 5.55. The van der Waals surface area contributed by atoms with E-state index in [9.17, 15) is 0 Å². The normalized spacial score (nSPS) is 19.3. The van der Waals surface area contributed by atoms with Gasteiger partial charge in [0.25, 0.3) is 0 Å². The van der Waals surface area contributed by atoms with Gasteiger partial charge in [0.2, 0.25) is 0 Å². The first kappa shape index (κ1) is 21.3. The molecule has 30 heavy (non-hydrogen) atoms. The standard InChI is InChI=1S/C23H33N5OS/c1-24-23(25-9-11-27-10-8-19-5-2-3-6-20(19)18-27)26-17-21(22-7-4-16-30-22)28-12-14-29-15-13-28/h2-7,16,21H,8-15,17-18H2,1H3,(H2,24,25,26). The first-order chi connectivity index (χ1) is 14.8. The molecule has 0 aliphatic carbocycles. The minimum atomic E-state index is 0.353. The van der Waals surface area contributed by atoms with Gasteiger partial charge in [-0.1, -0.05) is 30.3 Å². The minimum absolute atomic E-state index is 0.353. The second-order valence-corrected chi connectivity index (χ2v) is 8.83. The Morgan fingerprint density at radius 3 is 2.70 bits per heavy atom. The number of nitrogens with one attached hydrogen (secondary N) is 2. The van der Waals surface area contributed by atoms with Crippen LogP contribution >= 0.6 is 11.3 Å². The fraction of sp³-hybridized carbons (Fsp3) is 0.522. The van der Waals surface area contributed by atoms with Crippen LogP contribution in [0.15, 0.2) is 46.8 Å². The van der Waals surface area contributed by atoms with Crippen LogP contribution < -0.4 is 10.6 Å². The largest absolute Gasteiger partial charge is 0.379 e. The van der Waals surface area contributed by atoms with Crippen molar-refractivity contribution in [3.63, 3.8) is 0 Å². The summed E-state index contributed by atoms with van der Waals surface area (Å²) in [4.78, 5) is 10.9. The van der Waals surface area contributed by atoms with E-state index in [-0.39, 0.29) is 0 Å². The molecule has 1 aromatic heterocycles. The summed E-state index contributed by atoms with van der Waals surface area (Å²) in [5.74, 6) is 0.877. The lowest BCUT2D eigenvalue weighted by Crippen LogP contribution is -2.47. The lowest BCUT2D eigenvalue weighted by molar-refractivity contribution is 0.0177. The zero-order chi connectivity index (χ0) is 20.6. The van der Waals surface area contributed by atoms with Crippen LogP contribution in [0.25, 0.3) is 0 Å². The summed E-state index contributed by atoms with van der Waals surface area (Å²) in [6, 6.07) is 13.5. The summed E-state index contributed by atoms with van der Waals surface area (Å²) in [5, 5.41) is 9.21. The number of benzene rings is 1. The van der Waals surface area contributed by atoms with Gasteiger partial charge in [0.1, 0.15) is 0 Å². The highest BCUT2D eigenvalue weighted by Crippen LogP contribution is 2.25. The fourth-order valence-electron chi connectivity index (χ4n) is 4.27. The van der Waals surface area contributed by atoms with Gasteiger partial charge in [-0.2, -0.15) is 0 Å². The Kier molecular flexibility index (Phi) is 7.75. The number of morpholine rings is 1. The van der Waals surface area contributed by atoms with E-state index in [2.05, 4.69) is 67.2 Å². The number of nitrogens with zero attached hydrogens (tertiary/aromatic N) is 3. The second-order valence-electron chi connectivity index (χ2n) is 7.85. The zero-order valence-electron chi connectivity index (χ0n) is 17.8. The molecule has 2 aliphatic heterocycles. The van der Waals surface area contributed by atoms with Gasteiger partial charge in [-0.05, 0) is 29.0 Å². The number of rotatable bonds is 7. The maximum Gasteiger partial charge on any atom is 0.191 e. The van der Waals surface area contributed by atoms with Gasteiger partial charge in [0, 0.05) is 57.7 Å². The third kappa shape index (κ3) is 5.60. The highest BCUT2D eigenvalue weighted by Gasteiger charge is 2.23. The summed E-state index contributed by atoms with van der Waals surface area (Å²) in [6.07, 6.45) is 1.14. The molecule has 4 rings (SSSR count). The number of ether oxygens (including phenoxy) is 1. The topological polar surface area (TPSA) is 52.1 Å². The number of aliphatic imine (C=N–C) groups is 1. The molecule has 0 bridgehead atoms. The van der Waals surface area contributed by atoms with Crippen LogP contribution in [0.1, 0.15) is 22.0 Å². The zero-order valence-corrected chi connectivity index (χ0v) is 18.7. The van der Waals surface area contributed by atoms with E-state index < -0.39 is 0 Å². The van der Waals surface area contributed by atoms with E-state index in [1.165, 1.54) is 16.0 Å². The predicted octanol–water partition coefficient (Wildman–Crippen LogP) is 2.34. The van der Waals surface area contributed by atoms with Crippen molar-refractivity contribution >= 4 is 17.3 Å². The third-order valence-electron chi connectivity index (χ3n) is 5.97. The van der Waals surface area contributed by atoms with Crippen LogP contribution in [0.3, 0.4) is 0 Å². The quantitative estimate of drug-likeness (QED) is 0.525. The van der Waals surface area contributed by atoms with Crippen molar-refractivity contribution in [2.75, 3.05) is 59.5 Å². The Morgan fingerprint density at radius 2 is 1.93 bits per heavy atom. The lowest BCUT2D eigenvalue weighted by atomic mass is 10.00. The number of hydrogen-bond donors (Lipinski definition) is 2. The first-order valence-corrected chi connectivity index (χ1v) is 11.8. The van der Waals surface area contributed by atoms with Gasteiger partial charge < -0.3 is 15.4 Å². The summed E-state index contributed by atoms with van der Waals surface area (Å²) < 4.78 is 5.55. The molecule has 3 heterocycles. The molecule has 1 fully saturated rings. The van der Waals surface area contributed by atoms with Crippen LogP contribution in [0, 0.1) is 0 Å². The number of hydrogen-bond acceptors (Lipinski definition) is 5. The van der Waals surface area contributed by atoms with Gasteiger partial charge in [0.15, 0.2) is 5.96 Å². The molecule has 0 saturated carbocycles. The van der Waals surface area contributed by atoms with E-state index in [4.69, 9.17) is 4.74 Å². The Morgan fingerprint density at radius 1 is 1.10 bits per heavy atom. The van der Waals surface area contributed by atoms with Gasteiger partial charge in [-0.3, -0.25) is 14.8 Å². The highest BCUT2D eigenvalue weighted by atomic mass is 32.1. The SMILES string of the molecule is CN=C(NCCN1CCc2ccccc2C1)NCC(c1cccs1)N1CCOCC1. The monoisotopic (exact) mass is 427 g/mol. The van der Waals surface area contributed by atoms with Gasteiger partial charge in [-0.15, -0.1) is 11.3 Å². The molecule has 0 spiro atoms. The van der Waals surface area contributed by atoms with Crippen molar-refractivity contribution in [1.82, 2.24) is 20.4 Å². The van der Waals surface area contributed by atoms with Gasteiger partial charge in [0.05, 0.1) is 19.3 Å². The summed E-state index contributed by atoms with van der Waals surface area (Å²) in [6.45, 7) is 8.51. The molecule has 2 N–H and O–H groups in total. The molecule has 1 unspecified atom stereocenters. The molecule has 6 nitrogen and oxygen atoms in total. The highest BCUT2D eigenvalue weighted by molar-refractivity contribution is 7.10. The molecule has 0 radical (unpaired) electrons. The van der Waals surface area contributed by atoms with Crippen LogP contribution in [0.5, 0.6) is 0 Å². The molecular weight excluding hydrogens is 394 g/mol. The summed E-state index contributed by atoms with van der Waals surface area (Å²) >= 11 is 1.83. The number of fused-ring (bicyclic) bond motifs is 1. The molecule has 7 heteroatoms. The molecule has 2 aromatic rings. The molecule has 1 aromatic carbocycles. The molecule has 1 atom stereocenters. The van der Waals surface area contributed by atoms with E-state index in [1.807, 2.05) is 18.4 Å². The average molecular weight is 428 g/mol. The van der Waals surface area contributed by atoms with E-state index in [1.54, 1.807) is 0 Å². The number of thiophene rings is 1. The third-order valence-corrected chi connectivity index (χ3v) is 6.95. The second kappa shape index (κ2) is 10.9. The van der Waals surface area contributed by atoms with Crippen molar-refractivity contribution in [3.05, 3.63) is 57.8 Å². The fourth-order valence-corrected chi connectivity index (χ4v) is 5.13. The van der Waals surface area contributed by atoms with E-state index in [0.29, 0.717) is 6.04 Å². The van der Waals surface area contributed by atoms with E-state index in [0.717, 1.165) is 71.4 Å². The molecule has 0 amide bonds. The van der Waals surface area contributed by atoms with Crippen molar-refractivity contribution in [2.45, 2.75) is 19.0 Å². The smallest absolute Gasteiger partial charge is 0.191 e. The van der Waals surface area contributed by atoms with Crippen molar-refractivity contribution in [2.24, 2.45) is 4.99 Å². The predicted molar refractivity (Wildman–Crippen MR) is 124 cm³/mol. The first-order valence-electron chi connectivity index (χ1n) is 10.9. The van der Waals surface area contributed by atoms with Crippen molar-refractivity contribution < 1.29 is 4.74 Å². The van der Waals surface area contributed by atoms with Gasteiger partial charge >= 0.3 is 0 Å². The van der Waals surface area contributed by atoms with Crippen LogP contribution in [-0.2, 0) is 17.7 Å². The molecule has 1 saturated heterocycles. The summed E-state index contributed by atoms with van der Waals surface area (Å²) in [7, 11) is 1.85.